The second kappa shape index (κ2) is 16.5. The van der Waals surface area contributed by atoms with E-state index in [1.807, 2.05) is 0 Å². The summed E-state index contributed by atoms with van der Waals surface area (Å²) in [7, 11) is -0.494. The molecule has 0 aromatic rings. The van der Waals surface area contributed by atoms with Crippen molar-refractivity contribution in [3.63, 3.8) is 0 Å². The zero-order valence-electron chi connectivity index (χ0n) is 14.9. The number of aliphatic hydroxyl groups excluding tert-OH is 1. The third kappa shape index (κ3) is 16.2. The van der Waals surface area contributed by atoms with Crippen molar-refractivity contribution >= 4 is 20.5 Å². The molecule has 9 nitrogen and oxygen atoms in total. The lowest BCUT2D eigenvalue weighted by atomic mass is 10.0. The van der Waals surface area contributed by atoms with Crippen molar-refractivity contribution in [2.24, 2.45) is 11.7 Å². The molecule has 2 atom stereocenters. The van der Waals surface area contributed by atoms with Gasteiger partial charge in [-0.2, -0.15) is 0 Å². The van der Waals surface area contributed by atoms with Crippen LogP contribution in [0.5, 0.6) is 0 Å². The Labute approximate surface area is 150 Å². The van der Waals surface area contributed by atoms with Crippen LogP contribution in [0, 0.1) is 5.92 Å². The molecule has 0 rings (SSSR count). The number of nitrogens with two attached hydrogens (primary N) is 1. The van der Waals surface area contributed by atoms with Gasteiger partial charge in [-0.1, -0.05) is 12.8 Å². The van der Waals surface area contributed by atoms with Crippen molar-refractivity contribution in [1.82, 2.24) is 10.6 Å². The maximum absolute atomic E-state index is 11.6. The van der Waals surface area contributed by atoms with E-state index in [1.54, 1.807) is 0 Å². The maximum atomic E-state index is 11.6. The summed E-state index contributed by atoms with van der Waals surface area (Å²) in [5.74, 6) is -0.0204. The number of carbonyl (C=O) groups excluding carboxylic acids is 2. The standard InChI is InChI=1S/C15H32N3O6P/c1-23-25(22)24-12-13(11-19)7-4-6-9-17-14(20)8-3-2-5-10-18-15(16)21/h13,19,22H,2-12H2,1H3,(H,17,20)(H3,16,18,21). The Hall–Kier alpha value is -0.990. The van der Waals surface area contributed by atoms with Gasteiger partial charge in [0.1, 0.15) is 0 Å². The minimum Gasteiger partial charge on any atom is -0.396 e. The van der Waals surface area contributed by atoms with Gasteiger partial charge in [-0.3, -0.25) is 4.79 Å². The van der Waals surface area contributed by atoms with E-state index < -0.39 is 14.6 Å². The van der Waals surface area contributed by atoms with Crippen LogP contribution in [-0.4, -0.2) is 55.4 Å². The van der Waals surface area contributed by atoms with Gasteiger partial charge in [-0.05, 0) is 25.7 Å². The van der Waals surface area contributed by atoms with Crippen molar-refractivity contribution in [2.75, 3.05) is 33.4 Å². The van der Waals surface area contributed by atoms with E-state index in [0.717, 1.165) is 38.5 Å². The molecule has 0 aliphatic rings. The Kier molecular flexibility index (Phi) is 15.8. The Balaban J connectivity index is 3.50. The largest absolute Gasteiger partial charge is 0.396 e. The smallest absolute Gasteiger partial charge is 0.329 e. The lowest BCUT2D eigenvalue weighted by Gasteiger charge is -2.15. The van der Waals surface area contributed by atoms with Gasteiger partial charge in [0.2, 0.25) is 5.91 Å². The van der Waals surface area contributed by atoms with Gasteiger partial charge in [0, 0.05) is 39.1 Å². The fourth-order valence-electron chi connectivity index (χ4n) is 2.12. The number of carbonyl (C=O) groups is 2. The van der Waals surface area contributed by atoms with Crippen LogP contribution in [-0.2, 0) is 13.8 Å². The predicted molar refractivity (Wildman–Crippen MR) is 95.6 cm³/mol. The minimum absolute atomic E-state index is 0.0101. The molecule has 0 aromatic carbocycles. The van der Waals surface area contributed by atoms with Gasteiger partial charge in [-0.15, -0.1) is 0 Å². The molecule has 148 valence electrons. The van der Waals surface area contributed by atoms with Crippen molar-refractivity contribution in [3.8, 4) is 0 Å². The molecule has 0 bridgehead atoms. The maximum Gasteiger partial charge on any atom is 0.329 e. The van der Waals surface area contributed by atoms with E-state index in [1.165, 1.54) is 7.11 Å². The molecule has 0 fully saturated rings. The summed E-state index contributed by atoms with van der Waals surface area (Å²) in [6.07, 6.45) is 5.35. The van der Waals surface area contributed by atoms with Crippen molar-refractivity contribution in [3.05, 3.63) is 0 Å². The number of rotatable bonds is 16. The van der Waals surface area contributed by atoms with E-state index in [4.69, 9.17) is 10.3 Å². The number of urea groups is 1. The number of aliphatic hydroxyl groups is 1. The van der Waals surface area contributed by atoms with Crippen LogP contribution >= 0.6 is 8.60 Å². The van der Waals surface area contributed by atoms with Crippen molar-refractivity contribution < 1.29 is 28.6 Å². The number of unbranched alkanes of at least 4 members (excludes halogenated alkanes) is 3. The zero-order valence-corrected chi connectivity index (χ0v) is 15.8. The Morgan fingerprint density at radius 3 is 2.44 bits per heavy atom. The van der Waals surface area contributed by atoms with Crippen LogP contribution in [0.1, 0.15) is 44.9 Å². The molecule has 0 spiro atoms. The molecule has 0 radical (unpaired) electrons. The SMILES string of the molecule is COP(O)OCC(CO)CCCCNC(=O)CCCCCNC(N)=O. The predicted octanol–water partition coefficient (Wildman–Crippen LogP) is 0.992. The van der Waals surface area contributed by atoms with Crippen LogP contribution in [0.25, 0.3) is 0 Å². The summed E-state index contributed by atoms with van der Waals surface area (Å²) < 4.78 is 9.69. The number of hydrogen-bond acceptors (Lipinski definition) is 6. The first-order valence-electron chi connectivity index (χ1n) is 8.56. The van der Waals surface area contributed by atoms with E-state index in [-0.39, 0.29) is 25.0 Å². The highest BCUT2D eigenvalue weighted by Gasteiger charge is 2.12. The monoisotopic (exact) mass is 381 g/mol. The molecule has 0 saturated heterocycles. The lowest BCUT2D eigenvalue weighted by molar-refractivity contribution is -0.121. The summed E-state index contributed by atoms with van der Waals surface area (Å²) in [5.41, 5.74) is 4.95. The molecule has 6 N–H and O–H groups in total. The van der Waals surface area contributed by atoms with Crippen LogP contribution in [0.3, 0.4) is 0 Å². The van der Waals surface area contributed by atoms with Crippen molar-refractivity contribution in [1.29, 1.82) is 0 Å². The second-order valence-electron chi connectivity index (χ2n) is 5.71. The molecular formula is C15H32N3O6P. The van der Waals surface area contributed by atoms with Crippen LogP contribution < -0.4 is 16.4 Å². The zero-order chi connectivity index (χ0) is 18.9. The number of amides is 3. The Morgan fingerprint density at radius 1 is 1.12 bits per heavy atom. The van der Waals surface area contributed by atoms with Gasteiger partial charge in [0.25, 0.3) is 0 Å². The first kappa shape index (κ1) is 24.0. The molecule has 0 saturated carbocycles. The summed E-state index contributed by atoms with van der Waals surface area (Å²) in [6, 6.07) is -0.524. The fraction of sp³-hybridized carbons (Fsp3) is 0.867. The number of primary amides is 1. The van der Waals surface area contributed by atoms with E-state index in [9.17, 15) is 19.6 Å². The average Bonchev–Trinajstić information content (AvgIpc) is 2.59. The summed E-state index contributed by atoms with van der Waals surface area (Å²) in [6.45, 7) is 1.38. The van der Waals surface area contributed by atoms with Gasteiger partial charge in [0.15, 0.2) is 0 Å². The van der Waals surface area contributed by atoms with E-state index in [0.29, 0.717) is 19.5 Å². The average molecular weight is 381 g/mol. The van der Waals surface area contributed by atoms with Gasteiger partial charge >= 0.3 is 14.6 Å². The second-order valence-corrected chi connectivity index (χ2v) is 6.81. The van der Waals surface area contributed by atoms with Crippen LogP contribution in [0.4, 0.5) is 4.79 Å². The van der Waals surface area contributed by atoms with Crippen LogP contribution in [0.15, 0.2) is 0 Å². The number of hydrogen-bond donors (Lipinski definition) is 5. The van der Waals surface area contributed by atoms with Gasteiger partial charge in [-0.25, -0.2) is 4.79 Å². The topological polar surface area (TPSA) is 143 Å². The highest BCUT2D eigenvalue weighted by molar-refractivity contribution is 7.40. The lowest BCUT2D eigenvalue weighted by Crippen LogP contribution is -2.30. The quantitative estimate of drug-likeness (QED) is 0.199. The van der Waals surface area contributed by atoms with Gasteiger partial charge in [0.05, 0.1) is 6.61 Å². The Bertz CT molecular complexity index is 362. The first-order chi connectivity index (χ1) is 12.0. The highest BCUT2D eigenvalue weighted by atomic mass is 31.2. The first-order valence-corrected chi connectivity index (χ1v) is 9.69. The number of nitrogens with one attached hydrogen (secondary N) is 2. The highest BCUT2D eigenvalue weighted by Crippen LogP contribution is 2.32. The third-order valence-corrected chi connectivity index (χ3v) is 4.26. The molecule has 25 heavy (non-hydrogen) atoms. The van der Waals surface area contributed by atoms with Gasteiger partial charge < -0.3 is 35.4 Å². The molecule has 0 aliphatic heterocycles. The molecule has 2 unspecified atom stereocenters. The minimum atomic E-state index is -1.86. The molecule has 0 heterocycles. The summed E-state index contributed by atoms with van der Waals surface area (Å²) in [5, 5.41) is 14.6. The molecular weight excluding hydrogens is 349 g/mol. The molecule has 3 amide bonds. The van der Waals surface area contributed by atoms with Crippen molar-refractivity contribution in [2.45, 2.75) is 44.9 Å². The molecule has 10 heteroatoms. The summed E-state index contributed by atoms with van der Waals surface area (Å²) >= 11 is 0. The summed E-state index contributed by atoms with van der Waals surface area (Å²) in [4.78, 5) is 31.3. The fourth-order valence-corrected chi connectivity index (χ4v) is 2.57. The van der Waals surface area contributed by atoms with E-state index in [2.05, 4.69) is 15.2 Å². The normalized spacial score (nSPS) is 13.2. The van der Waals surface area contributed by atoms with Crippen LogP contribution in [0.2, 0.25) is 0 Å². The molecule has 0 aromatic heterocycles. The Morgan fingerprint density at radius 2 is 1.80 bits per heavy atom. The third-order valence-electron chi connectivity index (χ3n) is 3.58. The van der Waals surface area contributed by atoms with E-state index >= 15 is 0 Å². The molecule has 0 aliphatic carbocycles.